The summed E-state index contributed by atoms with van der Waals surface area (Å²) < 4.78 is 20.2. The van der Waals surface area contributed by atoms with Crippen LogP contribution in [0.4, 0.5) is 0 Å². The molecule has 0 spiro atoms. The van der Waals surface area contributed by atoms with Crippen LogP contribution in [0, 0.1) is 0 Å². The first kappa shape index (κ1) is 27.8. The van der Waals surface area contributed by atoms with Crippen LogP contribution in [-0.2, 0) is 24.4 Å². The van der Waals surface area contributed by atoms with E-state index in [2.05, 4.69) is 9.47 Å². The Morgan fingerprint density at radius 2 is 1.83 bits per heavy atom. The molecule has 0 saturated carbocycles. The van der Waals surface area contributed by atoms with E-state index in [-0.39, 0.29) is 17.8 Å². The van der Waals surface area contributed by atoms with Crippen molar-refractivity contribution in [2.75, 3.05) is 19.7 Å². The molecule has 3 aromatic carbocycles. The molecule has 214 valence electrons. The molecular formula is C31H31Cl2N3O5. The standard InChI is InChI=1S/C31H31Cl2N3O5/c32-22-6-8-29(25(33)16-22)40-19-21-3-1-2-4-28(21)41-23-9-12-35(13-10-23)18-30-34-26-7-5-20(31(37)38)15-27(26)36(30)17-24-11-14-39-24/h1-8,15-16,23-24H,9-14,17-19H2,(H,37,38). The number of ether oxygens (including phenoxy) is 3. The fourth-order valence-electron chi connectivity index (χ4n) is 5.31. The highest BCUT2D eigenvalue weighted by atomic mass is 35.5. The smallest absolute Gasteiger partial charge is 0.335 e. The van der Waals surface area contributed by atoms with Gasteiger partial charge in [-0.3, -0.25) is 4.90 Å². The normalized spacial score (nSPS) is 17.9. The van der Waals surface area contributed by atoms with E-state index in [1.165, 1.54) is 0 Å². The van der Waals surface area contributed by atoms with E-state index in [4.69, 9.17) is 42.4 Å². The first-order valence-corrected chi connectivity index (χ1v) is 14.6. The van der Waals surface area contributed by atoms with Crippen molar-refractivity contribution in [1.82, 2.24) is 14.5 Å². The van der Waals surface area contributed by atoms with Crippen LogP contribution in [-0.4, -0.2) is 57.4 Å². The van der Waals surface area contributed by atoms with Crippen LogP contribution in [0.5, 0.6) is 11.5 Å². The molecule has 1 aromatic heterocycles. The Hall–Kier alpha value is -3.30. The first-order valence-electron chi connectivity index (χ1n) is 13.8. The quantitative estimate of drug-likeness (QED) is 0.225. The van der Waals surface area contributed by atoms with E-state index in [0.717, 1.165) is 67.1 Å². The number of fused-ring (bicyclic) bond motifs is 1. The van der Waals surface area contributed by atoms with Crippen molar-refractivity contribution in [2.45, 2.75) is 51.2 Å². The van der Waals surface area contributed by atoms with Gasteiger partial charge in [-0.1, -0.05) is 41.4 Å². The number of hydrogen-bond acceptors (Lipinski definition) is 6. The number of para-hydroxylation sites is 1. The highest BCUT2D eigenvalue weighted by molar-refractivity contribution is 6.35. The number of carboxylic acid groups (broad SMARTS) is 1. The van der Waals surface area contributed by atoms with Crippen molar-refractivity contribution in [1.29, 1.82) is 0 Å². The van der Waals surface area contributed by atoms with E-state index < -0.39 is 5.97 Å². The SMILES string of the molecule is O=C(O)c1ccc2nc(CN3CCC(Oc4ccccc4COc4ccc(Cl)cc4Cl)CC3)n(CC3CCO3)c2c1. The number of aromatic nitrogens is 2. The number of benzene rings is 3. The van der Waals surface area contributed by atoms with Gasteiger partial charge < -0.3 is 23.9 Å². The molecule has 41 heavy (non-hydrogen) atoms. The lowest BCUT2D eigenvalue weighted by molar-refractivity contribution is -0.0592. The third-order valence-corrected chi connectivity index (χ3v) is 8.23. The molecule has 1 unspecified atom stereocenters. The lowest BCUT2D eigenvalue weighted by Gasteiger charge is -2.33. The second kappa shape index (κ2) is 12.3. The van der Waals surface area contributed by atoms with Crippen molar-refractivity contribution in [3.63, 3.8) is 0 Å². The van der Waals surface area contributed by atoms with E-state index in [9.17, 15) is 9.90 Å². The van der Waals surface area contributed by atoms with Crippen molar-refractivity contribution in [3.05, 3.63) is 87.7 Å². The summed E-state index contributed by atoms with van der Waals surface area (Å²) in [6, 6.07) is 18.2. The number of aromatic carboxylic acids is 1. The number of carbonyl (C=O) groups is 1. The van der Waals surface area contributed by atoms with Gasteiger partial charge in [0, 0.05) is 30.3 Å². The van der Waals surface area contributed by atoms with E-state index in [1.54, 1.807) is 36.4 Å². The van der Waals surface area contributed by atoms with Crippen LogP contribution in [0.3, 0.4) is 0 Å². The number of hydrogen-bond donors (Lipinski definition) is 1. The molecule has 0 bridgehead atoms. The van der Waals surface area contributed by atoms with Crippen LogP contribution in [0.25, 0.3) is 11.0 Å². The van der Waals surface area contributed by atoms with Gasteiger partial charge in [0.15, 0.2) is 0 Å². The number of nitrogens with zero attached hydrogens (tertiary/aromatic N) is 3. The number of halogens is 2. The number of carboxylic acids is 1. The van der Waals surface area contributed by atoms with Gasteiger partial charge in [0.25, 0.3) is 0 Å². The summed E-state index contributed by atoms with van der Waals surface area (Å²) >= 11 is 12.3. The fraction of sp³-hybridized carbons (Fsp3) is 0.355. The molecule has 2 saturated heterocycles. The van der Waals surface area contributed by atoms with Crippen molar-refractivity contribution < 1.29 is 24.1 Å². The van der Waals surface area contributed by atoms with Crippen LogP contribution < -0.4 is 9.47 Å². The van der Waals surface area contributed by atoms with E-state index in [1.807, 2.05) is 24.3 Å². The second-order valence-electron chi connectivity index (χ2n) is 10.5. The first-order chi connectivity index (χ1) is 19.9. The average molecular weight is 597 g/mol. The Balaban J connectivity index is 1.09. The minimum atomic E-state index is -0.940. The molecule has 2 aliphatic rings. The zero-order chi connectivity index (χ0) is 28.3. The van der Waals surface area contributed by atoms with Crippen LogP contribution >= 0.6 is 23.2 Å². The highest BCUT2D eigenvalue weighted by Gasteiger charge is 2.26. The Bertz CT molecular complexity index is 1550. The summed E-state index contributed by atoms with van der Waals surface area (Å²) in [4.78, 5) is 18.9. The van der Waals surface area contributed by atoms with Gasteiger partial charge in [0.1, 0.15) is 30.0 Å². The van der Waals surface area contributed by atoms with Crippen LogP contribution in [0.2, 0.25) is 10.0 Å². The fourth-order valence-corrected chi connectivity index (χ4v) is 5.78. The third-order valence-electron chi connectivity index (χ3n) is 7.70. The van der Waals surface area contributed by atoms with E-state index >= 15 is 0 Å². The second-order valence-corrected chi connectivity index (χ2v) is 11.3. The lowest BCUT2D eigenvalue weighted by atomic mass is 10.1. The Morgan fingerprint density at radius 1 is 1.02 bits per heavy atom. The molecule has 8 nitrogen and oxygen atoms in total. The molecule has 1 N–H and O–H groups in total. The maximum absolute atomic E-state index is 11.6. The molecule has 1 atom stereocenters. The van der Waals surface area contributed by atoms with Gasteiger partial charge in [-0.25, -0.2) is 9.78 Å². The minimum absolute atomic E-state index is 0.0897. The van der Waals surface area contributed by atoms with Crippen LogP contribution in [0.15, 0.2) is 60.7 Å². The molecule has 0 amide bonds. The van der Waals surface area contributed by atoms with Gasteiger partial charge >= 0.3 is 5.97 Å². The maximum Gasteiger partial charge on any atom is 0.335 e. The van der Waals surface area contributed by atoms with Crippen molar-refractivity contribution >= 4 is 40.2 Å². The summed E-state index contributed by atoms with van der Waals surface area (Å²) in [6.45, 7) is 4.20. The predicted octanol–water partition coefficient (Wildman–Crippen LogP) is 6.45. The molecule has 3 heterocycles. The van der Waals surface area contributed by atoms with Crippen LogP contribution in [0.1, 0.15) is 41.0 Å². The third kappa shape index (κ3) is 6.46. The number of piperidine rings is 1. The highest BCUT2D eigenvalue weighted by Crippen LogP contribution is 2.30. The number of rotatable bonds is 10. The number of likely N-dealkylation sites (tertiary alicyclic amines) is 1. The molecule has 2 aliphatic heterocycles. The Morgan fingerprint density at radius 3 is 2.56 bits per heavy atom. The molecule has 0 radical (unpaired) electrons. The zero-order valence-electron chi connectivity index (χ0n) is 22.5. The largest absolute Gasteiger partial charge is 0.490 e. The molecule has 10 heteroatoms. The van der Waals surface area contributed by atoms with Gasteiger partial charge in [-0.05, 0) is 61.7 Å². The summed E-state index contributed by atoms with van der Waals surface area (Å²) in [5.41, 5.74) is 2.86. The number of imidazole rings is 1. The summed E-state index contributed by atoms with van der Waals surface area (Å²) in [7, 11) is 0. The molecule has 4 aromatic rings. The summed E-state index contributed by atoms with van der Waals surface area (Å²) in [5.74, 6) is 1.38. The van der Waals surface area contributed by atoms with Gasteiger partial charge in [-0.2, -0.15) is 0 Å². The predicted molar refractivity (Wildman–Crippen MR) is 157 cm³/mol. The maximum atomic E-state index is 11.6. The van der Waals surface area contributed by atoms with Gasteiger partial charge in [0.2, 0.25) is 0 Å². The molecule has 6 rings (SSSR count). The average Bonchev–Trinajstić information content (AvgIpc) is 3.28. The lowest BCUT2D eigenvalue weighted by Crippen LogP contribution is -2.39. The summed E-state index contributed by atoms with van der Waals surface area (Å²) in [6.07, 6.45) is 2.99. The monoisotopic (exact) mass is 595 g/mol. The zero-order valence-corrected chi connectivity index (χ0v) is 24.0. The van der Waals surface area contributed by atoms with Gasteiger partial charge in [-0.15, -0.1) is 0 Å². The molecule has 2 fully saturated rings. The summed E-state index contributed by atoms with van der Waals surface area (Å²) in [5, 5.41) is 10.5. The molecule has 0 aliphatic carbocycles. The van der Waals surface area contributed by atoms with Crippen molar-refractivity contribution in [3.8, 4) is 11.5 Å². The minimum Gasteiger partial charge on any atom is -0.490 e. The van der Waals surface area contributed by atoms with E-state index in [0.29, 0.717) is 35.5 Å². The topological polar surface area (TPSA) is 86.0 Å². The Kier molecular flexibility index (Phi) is 8.35. The molecular weight excluding hydrogens is 565 g/mol. The van der Waals surface area contributed by atoms with Crippen molar-refractivity contribution in [2.24, 2.45) is 0 Å². The van der Waals surface area contributed by atoms with Gasteiger partial charge in [0.05, 0.1) is 40.8 Å². The Labute approximate surface area is 248 Å².